The minimum Gasteiger partial charge on any atom is -0.395 e. The second-order valence-electron chi connectivity index (χ2n) is 2.56. The van der Waals surface area contributed by atoms with Gasteiger partial charge < -0.3 is 15.8 Å². The van der Waals surface area contributed by atoms with Crippen LogP contribution in [0, 0.1) is 0 Å². The number of nitrogens with one attached hydrogen (secondary N) is 1. The molecule has 1 unspecified atom stereocenters. The van der Waals surface area contributed by atoms with Crippen LogP contribution in [-0.2, 0) is 0 Å². The number of rotatable bonds is 3. The standard InChI is InChI=1S/C7H11N3O2S/c1-4(2-11)13-7-5(8)6(12)9-3-10-7/h3-4,11H,2,8H2,1H3,(H,9,10,12). The van der Waals surface area contributed by atoms with Crippen LogP contribution in [0.5, 0.6) is 0 Å². The summed E-state index contributed by atoms with van der Waals surface area (Å²) in [6.45, 7) is 1.85. The van der Waals surface area contributed by atoms with Gasteiger partial charge in [0.2, 0.25) is 0 Å². The molecule has 0 radical (unpaired) electrons. The molecule has 0 aliphatic carbocycles. The Labute approximate surface area is 79.4 Å². The summed E-state index contributed by atoms with van der Waals surface area (Å²) in [4.78, 5) is 17.3. The van der Waals surface area contributed by atoms with E-state index in [1.807, 2.05) is 6.92 Å². The molecule has 0 amide bonds. The molecule has 0 saturated carbocycles. The Bertz CT molecular complexity index is 339. The molecule has 72 valence electrons. The highest BCUT2D eigenvalue weighted by Gasteiger charge is 2.09. The lowest BCUT2D eigenvalue weighted by Gasteiger charge is -2.07. The molecular weight excluding hydrogens is 190 g/mol. The molecule has 0 bridgehead atoms. The van der Waals surface area contributed by atoms with Crippen molar-refractivity contribution in [3.63, 3.8) is 0 Å². The maximum Gasteiger partial charge on any atom is 0.275 e. The van der Waals surface area contributed by atoms with Crippen molar-refractivity contribution in [3.8, 4) is 0 Å². The Hall–Kier alpha value is -1.01. The lowest BCUT2D eigenvalue weighted by Crippen LogP contribution is -2.14. The molecule has 0 aliphatic heterocycles. The smallest absolute Gasteiger partial charge is 0.275 e. The number of nitrogens with two attached hydrogens (primary N) is 1. The number of anilines is 1. The number of hydrogen-bond acceptors (Lipinski definition) is 5. The first kappa shape index (κ1) is 10.1. The van der Waals surface area contributed by atoms with Crippen LogP contribution in [0.25, 0.3) is 0 Å². The molecule has 5 nitrogen and oxygen atoms in total. The van der Waals surface area contributed by atoms with Crippen molar-refractivity contribution in [2.45, 2.75) is 17.2 Å². The predicted molar refractivity (Wildman–Crippen MR) is 51.7 cm³/mol. The third-order valence-corrected chi connectivity index (χ3v) is 2.52. The minimum atomic E-state index is -0.345. The molecule has 1 heterocycles. The lowest BCUT2D eigenvalue weighted by molar-refractivity contribution is 0.300. The van der Waals surface area contributed by atoms with E-state index in [2.05, 4.69) is 9.97 Å². The van der Waals surface area contributed by atoms with Gasteiger partial charge in [-0.1, -0.05) is 18.7 Å². The van der Waals surface area contributed by atoms with Crippen molar-refractivity contribution >= 4 is 17.4 Å². The highest BCUT2D eigenvalue weighted by molar-refractivity contribution is 8.00. The fourth-order valence-electron chi connectivity index (χ4n) is 0.716. The SMILES string of the molecule is CC(CO)Sc1nc[nH]c(=O)c1N. The summed E-state index contributed by atoms with van der Waals surface area (Å²) in [7, 11) is 0. The number of thioether (sulfide) groups is 1. The normalized spacial score (nSPS) is 12.8. The van der Waals surface area contributed by atoms with Crippen molar-refractivity contribution < 1.29 is 5.11 Å². The summed E-state index contributed by atoms with van der Waals surface area (Å²) in [5, 5.41) is 9.23. The van der Waals surface area contributed by atoms with Crippen molar-refractivity contribution in [3.05, 3.63) is 16.7 Å². The van der Waals surface area contributed by atoms with Gasteiger partial charge >= 0.3 is 0 Å². The predicted octanol–water partition coefficient (Wildman–Crippen LogP) is -0.175. The monoisotopic (exact) mass is 201 g/mol. The van der Waals surface area contributed by atoms with Gasteiger partial charge in [0, 0.05) is 5.25 Å². The van der Waals surface area contributed by atoms with E-state index in [9.17, 15) is 4.79 Å². The Morgan fingerprint density at radius 1 is 1.85 bits per heavy atom. The lowest BCUT2D eigenvalue weighted by atomic mass is 10.5. The van der Waals surface area contributed by atoms with Crippen LogP contribution >= 0.6 is 11.8 Å². The molecule has 1 rings (SSSR count). The van der Waals surface area contributed by atoms with Gasteiger partial charge in [0.05, 0.1) is 12.9 Å². The Kier molecular flexibility index (Phi) is 3.32. The maximum atomic E-state index is 11.0. The van der Waals surface area contributed by atoms with Crippen molar-refractivity contribution in [1.29, 1.82) is 0 Å². The highest BCUT2D eigenvalue weighted by atomic mass is 32.2. The fraction of sp³-hybridized carbons (Fsp3) is 0.429. The molecule has 0 fully saturated rings. The zero-order valence-electron chi connectivity index (χ0n) is 7.15. The molecular formula is C7H11N3O2S. The molecule has 0 spiro atoms. The summed E-state index contributed by atoms with van der Waals surface area (Å²) in [6, 6.07) is 0. The molecule has 6 heteroatoms. The van der Waals surface area contributed by atoms with E-state index in [1.165, 1.54) is 18.1 Å². The van der Waals surface area contributed by atoms with Crippen LogP contribution in [0.1, 0.15) is 6.92 Å². The van der Waals surface area contributed by atoms with E-state index in [1.54, 1.807) is 0 Å². The van der Waals surface area contributed by atoms with E-state index in [0.29, 0.717) is 5.03 Å². The minimum absolute atomic E-state index is 0.0170. The fourth-order valence-corrected chi connectivity index (χ4v) is 1.50. The summed E-state index contributed by atoms with van der Waals surface area (Å²) in [6.07, 6.45) is 1.30. The van der Waals surface area contributed by atoms with E-state index >= 15 is 0 Å². The number of hydrogen-bond donors (Lipinski definition) is 3. The molecule has 0 aliphatic rings. The third kappa shape index (κ3) is 2.46. The topological polar surface area (TPSA) is 92.0 Å². The number of H-pyrrole nitrogens is 1. The molecule has 1 aromatic heterocycles. The summed E-state index contributed by atoms with van der Waals surface area (Å²) < 4.78 is 0. The van der Waals surface area contributed by atoms with Gasteiger partial charge in [-0.2, -0.15) is 0 Å². The second-order valence-corrected chi connectivity index (χ2v) is 3.99. The van der Waals surface area contributed by atoms with Gasteiger partial charge in [-0.15, -0.1) is 0 Å². The van der Waals surface area contributed by atoms with Crippen LogP contribution in [0.15, 0.2) is 16.1 Å². The quantitative estimate of drug-likeness (QED) is 0.466. The van der Waals surface area contributed by atoms with E-state index in [4.69, 9.17) is 10.8 Å². The van der Waals surface area contributed by atoms with E-state index in [-0.39, 0.29) is 23.1 Å². The summed E-state index contributed by atoms with van der Waals surface area (Å²) in [5.41, 5.74) is 5.24. The number of aromatic amines is 1. The highest BCUT2D eigenvalue weighted by Crippen LogP contribution is 2.22. The molecule has 4 N–H and O–H groups in total. The van der Waals surface area contributed by atoms with Crippen LogP contribution in [0.2, 0.25) is 0 Å². The number of nitrogens with zero attached hydrogens (tertiary/aromatic N) is 1. The summed E-state index contributed by atoms with van der Waals surface area (Å²) in [5.74, 6) is 0. The number of aliphatic hydroxyl groups excluding tert-OH is 1. The Morgan fingerprint density at radius 3 is 3.15 bits per heavy atom. The van der Waals surface area contributed by atoms with Gasteiger partial charge in [0.25, 0.3) is 5.56 Å². The summed E-state index contributed by atoms with van der Waals surface area (Å²) >= 11 is 1.28. The largest absolute Gasteiger partial charge is 0.395 e. The van der Waals surface area contributed by atoms with Crippen LogP contribution in [-0.4, -0.2) is 26.9 Å². The average Bonchev–Trinajstić information content (AvgIpc) is 2.13. The van der Waals surface area contributed by atoms with E-state index in [0.717, 1.165) is 0 Å². The molecule has 1 aromatic rings. The van der Waals surface area contributed by atoms with Crippen LogP contribution in [0.4, 0.5) is 5.69 Å². The number of aromatic nitrogens is 2. The second kappa shape index (κ2) is 4.29. The average molecular weight is 201 g/mol. The van der Waals surface area contributed by atoms with Gasteiger partial charge in [0.15, 0.2) is 0 Å². The maximum absolute atomic E-state index is 11.0. The van der Waals surface area contributed by atoms with Gasteiger partial charge in [-0.3, -0.25) is 4.79 Å². The molecule has 0 saturated heterocycles. The van der Waals surface area contributed by atoms with Crippen LogP contribution < -0.4 is 11.3 Å². The first-order valence-corrected chi connectivity index (χ1v) is 4.63. The zero-order valence-corrected chi connectivity index (χ0v) is 7.97. The van der Waals surface area contributed by atoms with Gasteiger partial charge in [0.1, 0.15) is 10.7 Å². The third-order valence-electron chi connectivity index (χ3n) is 1.42. The Morgan fingerprint density at radius 2 is 2.54 bits per heavy atom. The Balaban J connectivity index is 2.89. The first-order valence-electron chi connectivity index (χ1n) is 3.75. The number of nitrogen functional groups attached to an aromatic ring is 1. The zero-order chi connectivity index (χ0) is 9.84. The van der Waals surface area contributed by atoms with E-state index < -0.39 is 0 Å². The first-order chi connectivity index (χ1) is 6.15. The van der Waals surface area contributed by atoms with Crippen LogP contribution in [0.3, 0.4) is 0 Å². The number of aliphatic hydroxyl groups is 1. The molecule has 13 heavy (non-hydrogen) atoms. The van der Waals surface area contributed by atoms with Crippen molar-refractivity contribution in [2.75, 3.05) is 12.3 Å². The van der Waals surface area contributed by atoms with Gasteiger partial charge in [-0.05, 0) is 0 Å². The molecule has 0 aromatic carbocycles. The van der Waals surface area contributed by atoms with Crippen molar-refractivity contribution in [2.24, 2.45) is 0 Å². The van der Waals surface area contributed by atoms with Gasteiger partial charge in [-0.25, -0.2) is 4.98 Å². The van der Waals surface area contributed by atoms with Crippen molar-refractivity contribution in [1.82, 2.24) is 9.97 Å². The molecule has 1 atom stereocenters.